The van der Waals surface area contributed by atoms with E-state index < -0.39 is 0 Å². The van der Waals surface area contributed by atoms with Crippen LogP contribution in [0.15, 0.2) is 22.7 Å². The van der Waals surface area contributed by atoms with Crippen LogP contribution in [0.1, 0.15) is 31.2 Å². The second kappa shape index (κ2) is 3.41. The number of hydrogen-bond donors (Lipinski definition) is 0. The normalized spacial score (nSPS) is 26.1. The summed E-state index contributed by atoms with van der Waals surface area (Å²) >= 11 is 3.16. The molecule has 1 saturated carbocycles. The van der Waals surface area contributed by atoms with Crippen molar-refractivity contribution < 1.29 is 4.39 Å². The zero-order valence-corrected chi connectivity index (χ0v) is 9.14. The maximum absolute atomic E-state index is 13.2. The summed E-state index contributed by atoms with van der Waals surface area (Å²) in [6, 6.07) is 5.48. The van der Waals surface area contributed by atoms with Gasteiger partial charge < -0.3 is 0 Å². The molecule has 1 fully saturated rings. The van der Waals surface area contributed by atoms with Crippen LogP contribution in [0.2, 0.25) is 0 Å². The van der Waals surface area contributed by atoms with Gasteiger partial charge in [-0.05, 0) is 51.9 Å². The minimum Gasteiger partial charge on any atom is -0.206 e. The summed E-state index contributed by atoms with van der Waals surface area (Å²) in [6.07, 6.45) is 2.44. The van der Waals surface area contributed by atoms with Crippen molar-refractivity contribution in [3.05, 3.63) is 34.1 Å². The van der Waals surface area contributed by atoms with Gasteiger partial charge in [-0.3, -0.25) is 0 Å². The summed E-state index contributed by atoms with van der Waals surface area (Å²) in [5.41, 5.74) is 1.16. The summed E-state index contributed by atoms with van der Waals surface area (Å²) in [7, 11) is 0. The van der Waals surface area contributed by atoms with E-state index in [1.807, 2.05) is 6.07 Å². The third kappa shape index (κ3) is 1.78. The lowest BCUT2D eigenvalue weighted by molar-refractivity contribution is 0.617. The van der Waals surface area contributed by atoms with Crippen LogP contribution in [-0.4, -0.2) is 0 Å². The quantitative estimate of drug-likeness (QED) is 0.733. The van der Waals surface area contributed by atoms with Gasteiger partial charge in [0.25, 0.3) is 0 Å². The molecule has 0 N–H and O–H groups in total. The van der Waals surface area contributed by atoms with Gasteiger partial charge in [-0.1, -0.05) is 19.4 Å². The Morgan fingerprint density at radius 2 is 2.31 bits per heavy atom. The van der Waals surface area contributed by atoms with Gasteiger partial charge in [0.05, 0.1) is 4.47 Å². The number of benzene rings is 1. The van der Waals surface area contributed by atoms with Crippen LogP contribution in [-0.2, 0) is 0 Å². The zero-order valence-electron chi connectivity index (χ0n) is 7.56. The van der Waals surface area contributed by atoms with Gasteiger partial charge >= 0.3 is 0 Å². The SMILES string of the molecule is CCC1CC1c1ccc(Br)c(F)c1. The van der Waals surface area contributed by atoms with Crippen LogP contribution in [0.25, 0.3) is 0 Å². The first-order valence-corrected chi connectivity index (χ1v) is 5.46. The first kappa shape index (κ1) is 9.20. The van der Waals surface area contributed by atoms with Gasteiger partial charge in [0.2, 0.25) is 0 Å². The fraction of sp³-hybridized carbons (Fsp3) is 0.455. The van der Waals surface area contributed by atoms with Gasteiger partial charge in [-0.15, -0.1) is 0 Å². The molecule has 0 bridgehead atoms. The van der Waals surface area contributed by atoms with Crippen molar-refractivity contribution >= 4 is 15.9 Å². The number of halogens is 2. The Kier molecular flexibility index (Phi) is 2.41. The van der Waals surface area contributed by atoms with Crippen molar-refractivity contribution in [1.82, 2.24) is 0 Å². The number of rotatable bonds is 2. The lowest BCUT2D eigenvalue weighted by Gasteiger charge is -2.00. The van der Waals surface area contributed by atoms with Crippen molar-refractivity contribution in [2.45, 2.75) is 25.7 Å². The molecule has 70 valence electrons. The standard InChI is InChI=1S/C11H12BrF/c1-2-7-5-9(7)8-3-4-10(12)11(13)6-8/h3-4,6-7,9H,2,5H2,1H3. The fourth-order valence-corrected chi connectivity index (χ4v) is 2.10. The van der Waals surface area contributed by atoms with Gasteiger partial charge in [0, 0.05) is 0 Å². The Morgan fingerprint density at radius 3 is 2.85 bits per heavy atom. The molecule has 2 atom stereocenters. The molecule has 1 aliphatic rings. The van der Waals surface area contributed by atoms with E-state index >= 15 is 0 Å². The molecular formula is C11H12BrF. The Labute approximate surface area is 86.3 Å². The fourth-order valence-electron chi connectivity index (χ4n) is 1.85. The van der Waals surface area contributed by atoms with Gasteiger partial charge in [0.1, 0.15) is 5.82 Å². The van der Waals surface area contributed by atoms with E-state index in [4.69, 9.17) is 0 Å². The molecule has 1 aliphatic carbocycles. The highest BCUT2D eigenvalue weighted by Crippen LogP contribution is 2.49. The molecule has 1 aromatic rings. The topological polar surface area (TPSA) is 0 Å². The highest BCUT2D eigenvalue weighted by atomic mass is 79.9. The first-order chi connectivity index (χ1) is 6.22. The second-order valence-electron chi connectivity index (χ2n) is 3.68. The molecule has 0 amide bonds. The molecule has 0 aliphatic heterocycles. The molecular weight excluding hydrogens is 231 g/mol. The molecule has 2 unspecified atom stereocenters. The molecule has 2 heteroatoms. The molecule has 0 aromatic heterocycles. The van der Waals surface area contributed by atoms with Crippen LogP contribution in [0.5, 0.6) is 0 Å². The minimum absolute atomic E-state index is 0.140. The van der Waals surface area contributed by atoms with Crippen molar-refractivity contribution in [1.29, 1.82) is 0 Å². The van der Waals surface area contributed by atoms with Crippen molar-refractivity contribution in [3.8, 4) is 0 Å². The molecule has 2 rings (SSSR count). The predicted molar refractivity (Wildman–Crippen MR) is 55.2 cm³/mol. The average Bonchev–Trinajstić information content (AvgIpc) is 2.88. The summed E-state index contributed by atoms with van der Waals surface area (Å²) in [6.45, 7) is 2.19. The van der Waals surface area contributed by atoms with E-state index in [0.29, 0.717) is 10.4 Å². The van der Waals surface area contributed by atoms with Crippen LogP contribution >= 0.6 is 15.9 Å². The monoisotopic (exact) mass is 242 g/mol. The lowest BCUT2D eigenvalue weighted by Crippen LogP contribution is -1.85. The van der Waals surface area contributed by atoms with Crippen LogP contribution in [0, 0.1) is 11.7 Å². The summed E-state index contributed by atoms with van der Waals surface area (Å²) in [5.74, 6) is 1.27. The van der Waals surface area contributed by atoms with E-state index in [9.17, 15) is 4.39 Å². The lowest BCUT2D eigenvalue weighted by atomic mass is 10.1. The third-order valence-corrected chi connectivity index (χ3v) is 3.46. The molecule has 0 saturated heterocycles. The molecule has 0 radical (unpaired) electrons. The molecule has 0 spiro atoms. The summed E-state index contributed by atoms with van der Waals surface area (Å²) in [4.78, 5) is 0. The summed E-state index contributed by atoms with van der Waals surface area (Å²) < 4.78 is 13.7. The highest BCUT2D eigenvalue weighted by Gasteiger charge is 2.36. The largest absolute Gasteiger partial charge is 0.206 e. The Bertz CT molecular complexity index is 322. The van der Waals surface area contributed by atoms with Crippen molar-refractivity contribution in [3.63, 3.8) is 0 Å². The van der Waals surface area contributed by atoms with Crippen LogP contribution in [0.3, 0.4) is 0 Å². The van der Waals surface area contributed by atoms with Gasteiger partial charge in [-0.2, -0.15) is 0 Å². The van der Waals surface area contributed by atoms with E-state index in [0.717, 1.165) is 11.5 Å². The van der Waals surface area contributed by atoms with E-state index in [2.05, 4.69) is 22.9 Å². The van der Waals surface area contributed by atoms with E-state index in [1.165, 1.54) is 12.8 Å². The van der Waals surface area contributed by atoms with E-state index in [-0.39, 0.29) is 5.82 Å². The molecule has 1 aromatic carbocycles. The maximum atomic E-state index is 13.2. The van der Waals surface area contributed by atoms with Gasteiger partial charge in [-0.25, -0.2) is 4.39 Å². The average molecular weight is 243 g/mol. The van der Waals surface area contributed by atoms with Gasteiger partial charge in [0.15, 0.2) is 0 Å². The Morgan fingerprint density at radius 1 is 1.54 bits per heavy atom. The van der Waals surface area contributed by atoms with Crippen LogP contribution < -0.4 is 0 Å². The Balaban J connectivity index is 2.19. The predicted octanol–water partition coefficient (Wildman–Crippen LogP) is 4.10. The highest BCUT2D eigenvalue weighted by molar-refractivity contribution is 9.10. The number of hydrogen-bond acceptors (Lipinski definition) is 0. The minimum atomic E-state index is -0.140. The van der Waals surface area contributed by atoms with Crippen molar-refractivity contribution in [2.75, 3.05) is 0 Å². The first-order valence-electron chi connectivity index (χ1n) is 4.67. The zero-order chi connectivity index (χ0) is 9.42. The Hall–Kier alpha value is -0.370. The molecule has 0 nitrogen and oxygen atoms in total. The summed E-state index contributed by atoms with van der Waals surface area (Å²) in [5, 5.41) is 0. The van der Waals surface area contributed by atoms with Crippen LogP contribution in [0.4, 0.5) is 4.39 Å². The van der Waals surface area contributed by atoms with E-state index in [1.54, 1.807) is 12.1 Å². The molecule has 13 heavy (non-hydrogen) atoms. The second-order valence-corrected chi connectivity index (χ2v) is 4.54. The smallest absolute Gasteiger partial charge is 0.137 e. The molecule has 0 heterocycles. The third-order valence-electron chi connectivity index (χ3n) is 2.82. The van der Waals surface area contributed by atoms with Crippen molar-refractivity contribution in [2.24, 2.45) is 5.92 Å². The maximum Gasteiger partial charge on any atom is 0.137 e.